The van der Waals surface area contributed by atoms with E-state index in [9.17, 15) is 0 Å². The second-order valence-electron chi connectivity index (χ2n) is 23.2. The van der Waals surface area contributed by atoms with Crippen LogP contribution in [0.5, 0.6) is 11.5 Å². The summed E-state index contributed by atoms with van der Waals surface area (Å²) in [5.41, 5.74) is 16.9. The fraction of sp³-hybridized carbons (Fsp3) is 0.421. The van der Waals surface area contributed by atoms with E-state index in [1.54, 1.807) is 0 Å². The largest absolute Gasteiger partial charge is 0.456 e. The molecule has 11 rings (SSSR count). The van der Waals surface area contributed by atoms with Crippen molar-refractivity contribution in [1.29, 1.82) is 0 Å². The lowest BCUT2D eigenvalue weighted by Crippen LogP contribution is -2.68. The Morgan fingerprint density at radius 1 is 0.721 bits per heavy atom. The minimum atomic E-state index is -0.691. The quantitative estimate of drug-likeness (QED) is 0.163. The van der Waals surface area contributed by atoms with Gasteiger partial charge in [0, 0.05) is 28.6 Å². The molecule has 0 amide bonds. The molecule has 6 heterocycles. The normalized spacial score (nSPS) is 21.5. The molecule has 312 valence electrons. The van der Waals surface area contributed by atoms with Gasteiger partial charge in [0.15, 0.2) is 5.52 Å². The molecule has 1 aliphatic carbocycles. The molecule has 4 nitrogen and oxygen atoms in total. The van der Waals surface area contributed by atoms with Crippen molar-refractivity contribution < 1.29 is 9.30 Å². The van der Waals surface area contributed by atoms with E-state index in [4.69, 9.17) is 4.74 Å². The summed E-state index contributed by atoms with van der Waals surface area (Å²) in [7, 11) is 0. The molecule has 0 bridgehead atoms. The average molecular weight is 807 g/mol. The zero-order valence-electron chi connectivity index (χ0n) is 38.9. The standard InChI is InChI=1S/C57H64N3O/c1-33-27-36(35-23-25-56(12,13)26-24-35)17-19-38(33)41-29-46-40-15-14-16-47-50(40)57(58(46)31-34(41)2)51-48(61-47)22-20-39-42-28-37(53(3,4)5)18-21-45(42)60(52(39)51)49-30-43(54(6,7)8)44(32-59(49)57)55(9,10)11/h14-22,27-32,35,46H,23-26H2,1-13H3/q+1. The third kappa shape index (κ3) is 5.32. The van der Waals surface area contributed by atoms with Crippen molar-refractivity contribution in [2.24, 2.45) is 5.41 Å². The van der Waals surface area contributed by atoms with Gasteiger partial charge < -0.3 is 9.64 Å². The minimum absolute atomic E-state index is 0.00209. The molecule has 0 saturated heterocycles. The lowest BCUT2D eigenvalue weighted by atomic mass is 9.71. The van der Waals surface area contributed by atoms with Gasteiger partial charge in [-0.15, -0.1) is 0 Å². The average Bonchev–Trinajstić information content (AvgIpc) is 3.67. The highest BCUT2D eigenvalue weighted by Gasteiger charge is 2.65. The van der Waals surface area contributed by atoms with Crippen molar-refractivity contribution >= 4 is 27.4 Å². The molecule has 4 aromatic carbocycles. The number of pyridine rings is 1. The predicted molar refractivity (Wildman–Crippen MR) is 252 cm³/mol. The van der Waals surface area contributed by atoms with Crippen LogP contribution in [0.25, 0.3) is 33.2 Å². The van der Waals surface area contributed by atoms with Gasteiger partial charge in [0.25, 0.3) is 5.82 Å². The first-order chi connectivity index (χ1) is 28.7. The Bertz CT molecular complexity index is 2960. The topological polar surface area (TPSA) is 21.3 Å². The molecule has 1 spiro atoms. The molecule has 4 heteroatoms. The maximum Gasteiger partial charge on any atom is 0.289 e. The van der Waals surface area contributed by atoms with Gasteiger partial charge >= 0.3 is 0 Å². The second-order valence-corrected chi connectivity index (χ2v) is 23.2. The first-order valence-corrected chi connectivity index (χ1v) is 23.0. The Labute approximate surface area is 363 Å². The van der Waals surface area contributed by atoms with Gasteiger partial charge in [0.05, 0.1) is 17.8 Å². The fourth-order valence-electron chi connectivity index (χ4n) is 12.1. The van der Waals surface area contributed by atoms with Crippen LogP contribution in [0.1, 0.15) is 171 Å². The number of aryl methyl sites for hydroxylation is 1. The van der Waals surface area contributed by atoms with Gasteiger partial charge in [-0.05, 0) is 148 Å². The van der Waals surface area contributed by atoms with E-state index in [2.05, 4.69) is 195 Å². The number of allylic oxidation sites excluding steroid dienone is 2. The molecule has 61 heavy (non-hydrogen) atoms. The van der Waals surface area contributed by atoms with Crippen molar-refractivity contribution in [2.75, 3.05) is 0 Å². The Morgan fingerprint density at radius 3 is 2.13 bits per heavy atom. The summed E-state index contributed by atoms with van der Waals surface area (Å²) in [6, 6.07) is 28.5. The number of hydrogen-bond acceptors (Lipinski definition) is 2. The maximum atomic E-state index is 7.15. The highest BCUT2D eigenvalue weighted by atomic mass is 16.5. The van der Waals surface area contributed by atoms with Crippen molar-refractivity contribution in [2.45, 2.75) is 150 Å². The predicted octanol–water partition coefficient (Wildman–Crippen LogP) is 14.5. The van der Waals surface area contributed by atoms with Gasteiger partial charge in [-0.25, -0.2) is 4.57 Å². The monoisotopic (exact) mass is 807 g/mol. The van der Waals surface area contributed by atoms with E-state index in [0.29, 0.717) is 11.3 Å². The number of hydrogen-bond donors (Lipinski definition) is 0. The van der Waals surface area contributed by atoms with E-state index < -0.39 is 5.66 Å². The van der Waals surface area contributed by atoms with Gasteiger partial charge in [-0.2, -0.15) is 4.57 Å². The summed E-state index contributed by atoms with van der Waals surface area (Å²) in [4.78, 5) is 2.71. The third-order valence-electron chi connectivity index (χ3n) is 15.4. The lowest BCUT2D eigenvalue weighted by molar-refractivity contribution is -0.760. The maximum absolute atomic E-state index is 7.15. The van der Waals surface area contributed by atoms with Crippen LogP contribution in [0.2, 0.25) is 0 Å². The molecule has 2 aromatic heterocycles. The summed E-state index contributed by atoms with van der Waals surface area (Å²) < 4.78 is 12.4. The summed E-state index contributed by atoms with van der Waals surface area (Å²) >= 11 is 0. The molecule has 2 atom stereocenters. The Balaban J connectivity index is 1.19. The highest BCUT2D eigenvalue weighted by Crippen LogP contribution is 2.63. The number of aromatic nitrogens is 2. The van der Waals surface area contributed by atoms with Crippen LogP contribution in [-0.2, 0) is 21.9 Å². The Hall–Kier alpha value is -5.09. The zero-order chi connectivity index (χ0) is 42.9. The SMILES string of the molecule is CC1=CN2C(C=C1c1ccc(C3CCC(C)(C)CC3)cc1C)c1cccc3c1C21c2c(ccc4c5cc(C(C)(C)C)ccc5n(c24)-c2cc(C(C)(C)C)c(C(C)(C)C)c[n+]21)O3. The van der Waals surface area contributed by atoms with Crippen LogP contribution < -0.4 is 9.30 Å². The number of fused-ring (bicyclic) bond motifs is 7. The third-order valence-corrected chi connectivity index (χ3v) is 15.4. The van der Waals surface area contributed by atoms with Crippen LogP contribution in [0.4, 0.5) is 0 Å². The molecule has 6 aromatic rings. The summed E-state index contributed by atoms with van der Waals surface area (Å²) in [5.74, 6) is 3.74. The number of ether oxygens (including phenoxy) is 1. The van der Waals surface area contributed by atoms with Gasteiger partial charge in [0.1, 0.15) is 22.6 Å². The minimum Gasteiger partial charge on any atom is -0.456 e. The fourth-order valence-corrected chi connectivity index (χ4v) is 12.1. The van der Waals surface area contributed by atoms with E-state index >= 15 is 0 Å². The number of benzene rings is 4. The van der Waals surface area contributed by atoms with Gasteiger partial charge in [-0.3, -0.25) is 0 Å². The van der Waals surface area contributed by atoms with Crippen molar-refractivity contribution in [1.82, 2.24) is 9.47 Å². The van der Waals surface area contributed by atoms with Crippen LogP contribution in [0, 0.1) is 12.3 Å². The van der Waals surface area contributed by atoms with E-state index in [-0.39, 0.29) is 22.3 Å². The second kappa shape index (κ2) is 12.3. The van der Waals surface area contributed by atoms with Gasteiger partial charge in [-0.1, -0.05) is 113 Å². The molecule has 4 aliphatic heterocycles. The zero-order valence-corrected chi connectivity index (χ0v) is 38.9. The molecule has 1 fully saturated rings. The molecule has 1 saturated carbocycles. The Kier molecular flexibility index (Phi) is 7.82. The smallest absolute Gasteiger partial charge is 0.289 e. The molecule has 0 N–H and O–H groups in total. The summed E-state index contributed by atoms with van der Waals surface area (Å²) in [6.07, 6.45) is 12.8. The lowest BCUT2D eigenvalue weighted by Gasteiger charge is -2.46. The van der Waals surface area contributed by atoms with Crippen molar-refractivity contribution in [3.63, 3.8) is 0 Å². The van der Waals surface area contributed by atoms with Crippen LogP contribution in [-0.4, -0.2) is 9.47 Å². The summed E-state index contributed by atoms with van der Waals surface area (Å²) in [5, 5.41) is 2.57. The van der Waals surface area contributed by atoms with E-state index in [1.807, 2.05) is 0 Å². The number of rotatable bonds is 2. The van der Waals surface area contributed by atoms with Crippen LogP contribution in [0.15, 0.2) is 96.8 Å². The Morgan fingerprint density at radius 2 is 1.44 bits per heavy atom. The first kappa shape index (κ1) is 38.8. The van der Waals surface area contributed by atoms with E-state index in [1.165, 1.54) is 115 Å². The molecular formula is C57H64N3O+. The van der Waals surface area contributed by atoms with Crippen LogP contribution >= 0.6 is 0 Å². The van der Waals surface area contributed by atoms with Crippen LogP contribution in [0.3, 0.4) is 0 Å². The molecule has 0 radical (unpaired) electrons. The van der Waals surface area contributed by atoms with Crippen molar-refractivity contribution in [3.8, 4) is 17.3 Å². The van der Waals surface area contributed by atoms with E-state index in [0.717, 1.165) is 11.5 Å². The highest BCUT2D eigenvalue weighted by molar-refractivity contribution is 6.12. The summed E-state index contributed by atoms with van der Waals surface area (Å²) in [6.45, 7) is 30.8. The molecule has 5 aliphatic rings. The van der Waals surface area contributed by atoms with Gasteiger partial charge in [0.2, 0.25) is 5.66 Å². The van der Waals surface area contributed by atoms with Crippen molar-refractivity contribution in [3.05, 3.63) is 147 Å². The molecular weight excluding hydrogens is 743 g/mol. The number of nitrogens with zero attached hydrogens (tertiary/aromatic N) is 3. The first-order valence-electron chi connectivity index (χ1n) is 23.0. The molecule has 2 unspecified atom stereocenters.